The van der Waals surface area contributed by atoms with Gasteiger partial charge in [-0.05, 0) is 30.9 Å². The van der Waals surface area contributed by atoms with Crippen molar-refractivity contribution in [3.63, 3.8) is 0 Å². The monoisotopic (exact) mass is 278 g/mol. The van der Waals surface area contributed by atoms with Gasteiger partial charge in [-0.1, -0.05) is 6.07 Å². The summed E-state index contributed by atoms with van der Waals surface area (Å²) in [6.07, 6.45) is 4.49. The third-order valence-corrected chi connectivity index (χ3v) is 3.57. The van der Waals surface area contributed by atoms with Crippen LogP contribution in [-0.4, -0.2) is 28.4 Å². The molecule has 0 fully saturated rings. The van der Waals surface area contributed by atoms with Crippen molar-refractivity contribution in [3.8, 4) is 0 Å². The molecule has 0 unspecified atom stereocenters. The normalized spacial score (nSPS) is 12.1. The summed E-state index contributed by atoms with van der Waals surface area (Å²) >= 11 is 1.71. The van der Waals surface area contributed by atoms with E-state index in [4.69, 9.17) is 0 Å². The van der Waals surface area contributed by atoms with Crippen LogP contribution in [0.1, 0.15) is 11.8 Å². The second-order valence-corrected chi connectivity index (χ2v) is 5.39. The van der Waals surface area contributed by atoms with Crippen LogP contribution in [0.5, 0.6) is 0 Å². The van der Waals surface area contributed by atoms with Crippen LogP contribution in [0.25, 0.3) is 0 Å². The number of amides is 2. The number of aromatic nitrogens is 2. The van der Waals surface area contributed by atoms with E-state index >= 15 is 0 Å². The fraction of sp³-hybridized carbons (Fsp3) is 0.385. The standard InChI is InChI=1S/C13H18N4OS/c1-11(10-17-8-3-6-15-17)16-13(18)14-7-5-12-4-2-9-19-12/h2-4,6,8-9,11H,5,7,10H2,1H3,(H2,14,16,18)/t11-/m1/s1. The van der Waals surface area contributed by atoms with Gasteiger partial charge in [0, 0.05) is 29.9 Å². The molecule has 2 aromatic rings. The van der Waals surface area contributed by atoms with Crippen LogP contribution in [0.3, 0.4) is 0 Å². The van der Waals surface area contributed by atoms with Crippen molar-refractivity contribution in [3.05, 3.63) is 40.8 Å². The van der Waals surface area contributed by atoms with Crippen LogP contribution in [0.4, 0.5) is 4.79 Å². The number of hydrogen-bond donors (Lipinski definition) is 2. The van der Waals surface area contributed by atoms with Gasteiger partial charge in [0.15, 0.2) is 0 Å². The molecule has 2 rings (SSSR count). The zero-order valence-corrected chi connectivity index (χ0v) is 11.7. The third kappa shape index (κ3) is 4.75. The highest BCUT2D eigenvalue weighted by atomic mass is 32.1. The molecule has 102 valence electrons. The molecule has 2 N–H and O–H groups in total. The van der Waals surface area contributed by atoms with Crippen LogP contribution in [0.2, 0.25) is 0 Å². The van der Waals surface area contributed by atoms with Crippen molar-refractivity contribution in [2.45, 2.75) is 25.9 Å². The number of urea groups is 1. The van der Waals surface area contributed by atoms with E-state index in [0.29, 0.717) is 13.1 Å². The Balaban J connectivity index is 1.63. The van der Waals surface area contributed by atoms with Crippen LogP contribution in [0.15, 0.2) is 36.0 Å². The summed E-state index contributed by atoms with van der Waals surface area (Å²) in [5, 5.41) is 11.9. The lowest BCUT2D eigenvalue weighted by molar-refractivity contribution is 0.236. The first-order valence-corrected chi connectivity index (χ1v) is 7.16. The lowest BCUT2D eigenvalue weighted by Gasteiger charge is -2.14. The van der Waals surface area contributed by atoms with E-state index in [2.05, 4.69) is 21.8 Å². The lowest BCUT2D eigenvalue weighted by Crippen LogP contribution is -2.43. The summed E-state index contributed by atoms with van der Waals surface area (Å²) in [6, 6.07) is 5.88. The fourth-order valence-corrected chi connectivity index (χ4v) is 2.47. The molecule has 2 aromatic heterocycles. The SMILES string of the molecule is C[C@H](Cn1cccn1)NC(=O)NCCc1cccs1. The molecular formula is C13H18N4OS. The zero-order valence-electron chi connectivity index (χ0n) is 10.9. The van der Waals surface area contributed by atoms with E-state index in [1.54, 1.807) is 22.2 Å². The Hall–Kier alpha value is -1.82. The minimum Gasteiger partial charge on any atom is -0.338 e. The number of rotatable bonds is 6. The molecule has 2 amide bonds. The molecule has 0 spiro atoms. The molecule has 0 aliphatic carbocycles. The highest BCUT2D eigenvalue weighted by Gasteiger charge is 2.07. The number of carbonyl (C=O) groups is 1. The first-order chi connectivity index (χ1) is 9.24. The van der Waals surface area contributed by atoms with E-state index in [9.17, 15) is 4.79 Å². The predicted octanol–water partition coefficient (Wildman–Crippen LogP) is 1.87. The Morgan fingerprint density at radius 3 is 3.11 bits per heavy atom. The maximum atomic E-state index is 11.7. The maximum absolute atomic E-state index is 11.7. The number of carbonyl (C=O) groups excluding carboxylic acids is 1. The molecule has 0 aromatic carbocycles. The van der Waals surface area contributed by atoms with Crippen LogP contribution < -0.4 is 10.6 Å². The number of thiophene rings is 1. The van der Waals surface area contributed by atoms with Gasteiger partial charge >= 0.3 is 6.03 Å². The molecule has 5 nitrogen and oxygen atoms in total. The molecule has 0 aliphatic heterocycles. The topological polar surface area (TPSA) is 59.0 Å². The smallest absolute Gasteiger partial charge is 0.315 e. The van der Waals surface area contributed by atoms with Gasteiger partial charge < -0.3 is 10.6 Å². The number of nitrogens with zero attached hydrogens (tertiary/aromatic N) is 2. The van der Waals surface area contributed by atoms with Crippen molar-refractivity contribution in [2.24, 2.45) is 0 Å². The molecule has 0 aliphatic rings. The van der Waals surface area contributed by atoms with Gasteiger partial charge in [0.1, 0.15) is 0 Å². The molecule has 2 heterocycles. The summed E-state index contributed by atoms with van der Waals surface area (Å²) < 4.78 is 1.80. The van der Waals surface area contributed by atoms with Crippen molar-refractivity contribution in [2.75, 3.05) is 6.54 Å². The van der Waals surface area contributed by atoms with Gasteiger partial charge in [0.25, 0.3) is 0 Å². The molecule has 0 radical (unpaired) electrons. The van der Waals surface area contributed by atoms with E-state index < -0.39 is 0 Å². The average molecular weight is 278 g/mol. The lowest BCUT2D eigenvalue weighted by atomic mass is 10.3. The second kappa shape index (κ2) is 6.94. The quantitative estimate of drug-likeness (QED) is 0.847. The van der Waals surface area contributed by atoms with E-state index in [-0.39, 0.29) is 12.1 Å². The van der Waals surface area contributed by atoms with E-state index in [1.807, 2.05) is 30.6 Å². The van der Waals surface area contributed by atoms with Crippen molar-refractivity contribution in [1.82, 2.24) is 20.4 Å². The van der Waals surface area contributed by atoms with E-state index in [0.717, 1.165) is 6.42 Å². The first-order valence-electron chi connectivity index (χ1n) is 6.28. The van der Waals surface area contributed by atoms with Crippen LogP contribution in [0, 0.1) is 0 Å². The summed E-state index contributed by atoms with van der Waals surface area (Å²) in [7, 11) is 0. The number of hydrogen-bond acceptors (Lipinski definition) is 3. The summed E-state index contributed by atoms with van der Waals surface area (Å²) in [6.45, 7) is 3.28. The van der Waals surface area contributed by atoms with Gasteiger partial charge in [0.2, 0.25) is 0 Å². The summed E-state index contributed by atoms with van der Waals surface area (Å²) in [4.78, 5) is 12.9. The molecule has 19 heavy (non-hydrogen) atoms. The van der Waals surface area contributed by atoms with Gasteiger partial charge in [-0.15, -0.1) is 11.3 Å². The highest BCUT2D eigenvalue weighted by Crippen LogP contribution is 2.07. The van der Waals surface area contributed by atoms with Gasteiger partial charge in [-0.2, -0.15) is 5.10 Å². The average Bonchev–Trinajstić information content (AvgIpc) is 3.01. The van der Waals surface area contributed by atoms with Gasteiger partial charge in [-0.3, -0.25) is 4.68 Å². The van der Waals surface area contributed by atoms with Crippen molar-refractivity contribution < 1.29 is 4.79 Å². The van der Waals surface area contributed by atoms with Crippen LogP contribution >= 0.6 is 11.3 Å². The molecule has 6 heteroatoms. The molecule has 1 atom stereocenters. The van der Waals surface area contributed by atoms with Crippen LogP contribution in [-0.2, 0) is 13.0 Å². The largest absolute Gasteiger partial charge is 0.338 e. The Labute approximate surface area is 116 Å². The Bertz CT molecular complexity index is 481. The van der Waals surface area contributed by atoms with Gasteiger partial charge in [0.05, 0.1) is 6.54 Å². The zero-order chi connectivity index (χ0) is 13.5. The minimum absolute atomic E-state index is 0.0432. The maximum Gasteiger partial charge on any atom is 0.315 e. The minimum atomic E-state index is -0.129. The fourth-order valence-electron chi connectivity index (χ4n) is 1.76. The van der Waals surface area contributed by atoms with Gasteiger partial charge in [-0.25, -0.2) is 4.79 Å². The molecule has 0 saturated heterocycles. The van der Waals surface area contributed by atoms with Crippen molar-refractivity contribution >= 4 is 17.4 Å². The third-order valence-electron chi connectivity index (χ3n) is 2.63. The highest BCUT2D eigenvalue weighted by molar-refractivity contribution is 7.09. The summed E-state index contributed by atoms with van der Waals surface area (Å²) in [5.74, 6) is 0. The molecule has 0 saturated carbocycles. The Morgan fingerprint density at radius 2 is 2.42 bits per heavy atom. The Morgan fingerprint density at radius 1 is 1.53 bits per heavy atom. The predicted molar refractivity (Wildman–Crippen MR) is 76.2 cm³/mol. The molecular weight excluding hydrogens is 260 g/mol. The summed E-state index contributed by atoms with van der Waals surface area (Å²) in [5.41, 5.74) is 0. The second-order valence-electron chi connectivity index (χ2n) is 4.36. The van der Waals surface area contributed by atoms with E-state index in [1.165, 1.54) is 4.88 Å². The first kappa shape index (κ1) is 13.6. The number of nitrogens with one attached hydrogen (secondary N) is 2. The molecule has 0 bridgehead atoms. The van der Waals surface area contributed by atoms with Crippen molar-refractivity contribution in [1.29, 1.82) is 0 Å². The Kier molecular flexibility index (Phi) is 4.97.